The lowest BCUT2D eigenvalue weighted by atomic mass is 10.5. The highest BCUT2D eigenvalue weighted by atomic mass is 32.2. The van der Waals surface area contributed by atoms with Gasteiger partial charge in [0.15, 0.2) is 15.1 Å². The molecule has 2 aromatic rings. The summed E-state index contributed by atoms with van der Waals surface area (Å²) in [5.41, 5.74) is 0.972. The highest BCUT2D eigenvalue weighted by Crippen LogP contribution is 2.12. The van der Waals surface area contributed by atoms with Gasteiger partial charge in [-0.2, -0.15) is 0 Å². The van der Waals surface area contributed by atoms with Crippen molar-refractivity contribution in [1.29, 1.82) is 0 Å². The minimum atomic E-state index is -3.74. The molecule has 0 aliphatic carbocycles. The van der Waals surface area contributed by atoms with Gasteiger partial charge in [-0.15, -0.1) is 0 Å². The Morgan fingerprint density at radius 2 is 2.22 bits per heavy atom. The minimum absolute atomic E-state index is 0.342. The number of hydrogen-bond donors (Lipinski definition) is 1. The third-order valence-corrected chi connectivity index (χ3v) is 4.63. The van der Waals surface area contributed by atoms with Crippen LogP contribution in [0.5, 0.6) is 0 Å². The van der Waals surface area contributed by atoms with Gasteiger partial charge in [-0.1, -0.05) is 6.07 Å². The third kappa shape index (κ3) is 2.35. The fraction of sp³-hybridized carbons (Fsp3) is 0.273. The summed E-state index contributed by atoms with van der Waals surface area (Å²) in [5, 5.41) is 7.30. The molecule has 0 aromatic carbocycles. The van der Waals surface area contributed by atoms with Crippen molar-refractivity contribution in [3.05, 3.63) is 36.3 Å². The van der Waals surface area contributed by atoms with E-state index in [1.165, 1.54) is 0 Å². The van der Waals surface area contributed by atoms with Crippen LogP contribution >= 0.6 is 0 Å². The van der Waals surface area contributed by atoms with Crippen LogP contribution in [0.15, 0.2) is 30.6 Å². The summed E-state index contributed by atoms with van der Waals surface area (Å²) in [7, 11) is -3.74. The predicted molar refractivity (Wildman–Crippen MR) is 64.9 cm³/mol. The maximum atomic E-state index is 11.8. The van der Waals surface area contributed by atoms with Crippen LogP contribution in [0.4, 0.5) is 0 Å². The molecular weight excluding hydrogens is 256 g/mol. The van der Waals surface area contributed by atoms with Crippen LogP contribution in [0.25, 0.3) is 5.65 Å². The van der Waals surface area contributed by atoms with Crippen molar-refractivity contribution >= 4 is 21.5 Å². The van der Waals surface area contributed by atoms with E-state index >= 15 is 0 Å². The van der Waals surface area contributed by atoms with Gasteiger partial charge in [-0.05, 0) is 19.1 Å². The first-order valence-corrected chi connectivity index (χ1v) is 6.99. The first-order chi connectivity index (χ1) is 8.40. The Balaban J connectivity index is 2.31. The average Bonchev–Trinajstić information content (AvgIpc) is 2.68. The van der Waals surface area contributed by atoms with Gasteiger partial charge in [0.25, 0.3) is 0 Å². The Morgan fingerprint density at radius 3 is 2.83 bits per heavy atom. The van der Waals surface area contributed by atoms with E-state index in [0.29, 0.717) is 11.3 Å². The van der Waals surface area contributed by atoms with Crippen molar-refractivity contribution in [3.63, 3.8) is 0 Å². The molecule has 0 bridgehead atoms. The normalized spacial score (nSPS) is 13.6. The number of carboxylic acids is 1. The van der Waals surface area contributed by atoms with Gasteiger partial charge in [0, 0.05) is 12.4 Å². The maximum absolute atomic E-state index is 11.8. The number of hydrogen-bond acceptors (Lipinski definition) is 4. The topological polar surface area (TPSA) is 88.7 Å². The fourth-order valence-electron chi connectivity index (χ4n) is 1.54. The number of aliphatic carboxylic acids is 1. The van der Waals surface area contributed by atoms with E-state index in [9.17, 15) is 13.2 Å². The third-order valence-electron chi connectivity index (χ3n) is 2.65. The predicted octanol–water partition coefficient (Wildman–Crippen LogP) is 0.722. The first kappa shape index (κ1) is 12.6. The molecule has 2 rings (SSSR count). The zero-order valence-electron chi connectivity index (χ0n) is 9.65. The highest BCUT2D eigenvalue weighted by molar-refractivity contribution is 7.91. The molecule has 6 nitrogen and oxygen atoms in total. The Morgan fingerprint density at radius 1 is 1.50 bits per heavy atom. The van der Waals surface area contributed by atoms with E-state index in [0.717, 1.165) is 6.92 Å². The van der Waals surface area contributed by atoms with Gasteiger partial charge in [0.2, 0.25) is 0 Å². The minimum Gasteiger partial charge on any atom is -0.480 e. The van der Waals surface area contributed by atoms with Gasteiger partial charge < -0.3 is 9.51 Å². The van der Waals surface area contributed by atoms with Gasteiger partial charge in [-0.25, -0.2) is 13.4 Å². The van der Waals surface area contributed by atoms with Gasteiger partial charge in [0.05, 0.1) is 11.4 Å². The van der Waals surface area contributed by atoms with E-state index in [-0.39, 0.29) is 5.75 Å². The molecule has 0 saturated carbocycles. The first-order valence-electron chi connectivity index (χ1n) is 5.27. The zero-order chi connectivity index (χ0) is 13.3. The fourth-order valence-corrected chi connectivity index (χ4v) is 2.65. The molecule has 18 heavy (non-hydrogen) atoms. The van der Waals surface area contributed by atoms with Crippen LogP contribution < -0.4 is 0 Å². The van der Waals surface area contributed by atoms with Crippen molar-refractivity contribution < 1.29 is 18.3 Å². The number of imidazole rings is 1. The molecule has 0 aliphatic heterocycles. The molecule has 0 aliphatic rings. The van der Waals surface area contributed by atoms with Crippen LogP contribution in [0, 0.1) is 0 Å². The summed E-state index contributed by atoms with van der Waals surface area (Å²) in [4.78, 5) is 14.8. The van der Waals surface area contributed by atoms with Crippen LogP contribution in [0.3, 0.4) is 0 Å². The lowest BCUT2D eigenvalue weighted by molar-refractivity contribution is -0.136. The summed E-state index contributed by atoms with van der Waals surface area (Å²) >= 11 is 0. The van der Waals surface area contributed by atoms with Crippen molar-refractivity contribution in [1.82, 2.24) is 9.38 Å². The Bertz CT molecular complexity index is 657. The molecule has 2 heterocycles. The number of carboxylic acid groups (broad SMARTS) is 1. The maximum Gasteiger partial charge on any atom is 0.321 e. The van der Waals surface area contributed by atoms with E-state index in [1.807, 2.05) is 0 Å². The summed E-state index contributed by atoms with van der Waals surface area (Å²) in [5.74, 6) is -1.72. The molecule has 0 spiro atoms. The molecule has 0 fully saturated rings. The molecule has 0 amide bonds. The lowest BCUT2D eigenvalue weighted by Gasteiger charge is -2.06. The summed E-state index contributed by atoms with van der Waals surface area (Å²) in [6.45, 7) is 1.16. The number of pyridine rings is 1. The van der Waals surface area contributed by atoms with Crippen molar-refractivity contribution in [2.45, 2.75) is 17.9 Å². The summed E-state index contributed by atoms with van der Waals surface area (Å²) in [6.07, 6.45) is 3.33. The van der Waals surface area contributed by atoms with Crippen LogP contribution in [0.1, 0.15) is 12.6 Å². The van der Waals surface area contributed by atoms with E-state index in [4.69, 9.17) is 5.11 Å². The number of fused-ring (bicyclic) bond motifs is 1. The van der Waals surface area contributed by atoms with E-state index < -0.39 is 21.1 Å². The highest BCUT2D eigenvalue weighted by Gasteiger charge is 2.28. The molecule has 96 valence electrons. The van der Waals surface area contributed by atoms with Crippen molar-refractivity contribution in [2.75, 3.05) is 0 Å². The molecule has 0 saturated heterocycles. The molecule has 1 unspecified atom stereocenters. The van der Waals surface area contributed by atoms with Crippen molar-refractivity contribution in [2.24, 2.45) is 0 Å². The lowest BCUT2D eigenvalue weighted by Crippen LogP contribution is -2.28. The zero-order valence-corrected chi connectivity index (χ0v) is 10.5. The summed E-state index contributed by atoms with van der Waals surface area (Å²) in [6, 6.07) is 5.34. The monoisotopic (exact) mass is 268 g/mol. The number of nitrogens with zero attached hydrogens (tertiary/aromatic N) is 2. The average molecular weight is 268 g/mol. The number of aromatic nitrogens is 2. The molecule has 0 radical (unpaired) electrons. The molecule has 2 aromatic heterocycles. The smallest absolute Gasteiger partial charge is 0.321 e. The Kier molecular flexibility index (Phi) is 3.08. The molecule has 7 heteroatoms. The number of rotatable bonds is 4. The van der Waals surface area contributed by atoms with Crippen LogP contribution in [-0.4, -0.2) is 34.1 Å². The number of carbonyl (C=O) groups is 1. The summed E-state index contributed by atoms with van der Waals surface area (Å²) < 4.78 is 25.3. The molecule has 1 N–H and O–H groups in total. The Labute approximate surface area is 104 Å². The van der Waals surface area contributed by atoms with E-state index in [1.54, 1.807) is 35.0 Å². The largest absolute Gasteiger partial charge is 0.480 e. The SMILES string of the molecule is CC(C(=O)O)S(=O)(=O)Cc1cn2ccccc2n1. The van der Waals surface area contributed by atoms with Crippen molar-refractivity contribution in [3.8, 4) is 0 Å². The van der Waals surface area contributed by atoms with Crippen LogP contribution in [-0.2, 0) is 20.4 Å². The molecular formula is C11H12N2O4S. The van der Waals surface area contributed by atoms with E-state index in [2.05, 4.69) is 4.98 Å². The van der Waals surface area contributed by atoms with Gasteiger partial charge in [0.1, 0.15) is 5.65 Å². The number of sulfone groups is 1. The second-order valence-electron chi connectivity index (χ2n) is 3.99. The van der Waals surface area contributed by atoms with Gasteiger partial charge >= 0.3 is 5.97 Å². The Hall–Kier alpha value is -1.89. The quantitative estimate of drug-likeness (QED) is 0.882. The molecule has 1 atom stereocenters. The van der Waals surface area contributed by atoms with Crippen LogP contribution in [0.2, 0.25) is 0 Å². The second-order valence-corrected chi connectivity index (χ2v) is 6.31. The second kappa shape index (κ2) is 4.41. The van der Waals surface area contributed by atoms with Gasteiger partial charge in [-0.3, -0.25) is 4.79 Å². The standard InChI is InChI=1S/C11H12N2O4S/c1-8(11(14)15)18(16,17)7-9-6-13-5-3-2-4-10(13)12-9/h2-6,8H,7H2,1H3,(H,14,15).